The standard InChI is InChI=1S/C11H11NO5S/c12-4-3-8(13)6-18(14,15)9-1-2-10-11(5-9)17-7-16-10/h1-2,5,8,13H,3,6-7H2. The van der Waals surface area contributed by atoms with Crippen LogP contribution in [0.5, 0.6) is 11.5 Å². The van der Waals surface area contributed by atoms with Crippen molar-refractivity contribution in [2.75, 3.05) is 12.5 Å². The van der Waals surface area contributed by atoms with E-state index in [1.807, 2.05) is 0 Å². The first kappa shape index (κ1) is 12.7. The van der Waals surface area contributed by atoms with Crippen LogP contribution >= 0.6 is 0 Å². The number of nitriles is 1. The summed E-state index contributed by atoms with van der Waals surface area (Å²) in [6, 6.07) is 5.98. The van der Waals surface area contributed by atoms with Gasteiger partial charge in [0.25, 0.3) is 0 Å². The predicted octanol–water partition coefficient (Wildman–Crippen LogP) is 0.464. The molecule has 2 rings (SSSR count). The number of aliphatic hydroxyl groups is 1. The van der Waals surface area contributed by atoms with E-state index < -0.39 is 21.7 Å². The second-order valence-corrected chi connectivity index (χ2v) is 5.85. The minimum atomic E-state index is -3.64. The summed E-state index contributed by atoms with van der Waals surface area (Å²) >= 11 is 0. The average molecular weight is 269 g/mol. The van der Waals surface area contributed by atoms with Crippen LogP contribution in [0.25, 0.3) is 0 Å². The summed E-state index contributed by atoms with van der Waals surface area (Å²) in [5.74, 6) is 0.373. The monoisotopic (exact) mass is 269 g/mol. The van der Waals surface area contributed by atoms with Crippen molar-refractivity contribution in [1.82, 2.24) is 0 Å². The third kappa shape index (κ3) is 2.55. The Hall–Kier alpha value is -1.78. The SMILES string of the molecule is N#CCC(O)CS(=O)(=O)c1ccc2c(c1)OCO2. The fraction of sp³-hybridized carbons (Fsp3) is 0.364. The predicted molar refractivity (Wildman–Crippen MR) is 60.9 cm³/mol. The van der Waals surface area contributed by atoms with Gasteiger partial charge in [0.1, 0.15) is 0 Å². The molecule has 0 aliphatic carbocycles. The lowest BCUT2D eigenvalue weighted by molar-refractivity contribution is 0.174. The summed E-state index contributed by atoms with van der Waals surface area (Å²) < 4.78 is 34.1. The third-order valence-electron chi connectivity index (χ3n) is 2.44. The molecule has 6 nitrogen and oxygen atoms in total. The summed E-state index contributed by atoms with van der Waals surface area (Å²) in [6.45, 7) is 0.0654. The number of hydrogen-bond acceptors (Lipinski definition) is 6. The van der Waals surface area contributed by atoms with Gasteiger partial charge in [-0.15, -0.1) is 0 Å². The number of sulfone groups is 1. The van der Waals surface area contributed by atoms with Gasteiger partial charge in [0.15, 0.2) is 21.3 Å². The van der Waals surface area contributed by atoms with Gasteiger partial charge < -0.3 is 14.6 Å². The number of benzene rings is 1. The normalized spacial score (nSPS) is 15.1. The molecule has 18 heavy (non-hydrogen) atoms. The molecule has 1 unspecified atom stereocenters. The van der Waals surface area contributed by atoms with E-state index in [0.717, 1.165) is 0 Å². The fourth-order valence-electron chi connectivity index (χ4n) is 1.58. The molecule has 1 aromatic rings. The lowest BCUT2D eigenvalue weighted by Gasteiger charge is -2.08. The lowest BCUT2D eigenvalue weighted by Crippen LogP contribution is -2.20. The van der Waals surface area contributed by atoms with E-state index >= 15 is 0 Å². The molecule has 1 aliphatic heterocycles. The van der Waals surface area contributed by atoms with E-state index in [1.54, 1.807) is 6.07 Å². The molecule has 0 spiro atoms. The Morgan fingerprint density at radius 2 is 2.11 bits per heavy atom. The number of nitrogens with zero attached hydrogens (tertiary/aromatic N) is 1. The van der Waals surface area contributed by atoms with Crippen LogP contribution in [0, 0.1) is 11.3 Å². The number of rotatable bonds is 4. The maximum atomic E-state index is 12.0. The van der Waals surface area contributed by atoms with Crippen LogP contribution in [0.3, 0.4) is 0 Å². The molecule has 0 radical (unpaired) electrons. The highest BCUT2D eigenvalue weighted by Gasteiger charge is 2.23. The maximum absolute atomic E-state index is 12.0. The van der Waals surface area contributed by atoms with E-state index in [0.29, 0.717) is 11.5 Å². The van der Waals surface area contributed by atoms with Crippen molar-refractivity contribution < 1.29 is 23.0 Å². The van der Waals surface area contributed by atoms with Gasteiger partial charge in [-0.05, 0) is 12.1 Å². The Morgan fingerprint density at radius 3 is 2.83 bits per heavy atom. The summed E-state index contributed by atoms with van der Waals surface area (Å²) in [6.07, 6.45) is -1.41. The van der Waals surface area contributed by atoms with Crippen LogP contribution in [0.2, 0.25) is 0 Å². The molecule has 1 N–H and O–H groups in total. The molecule has 1 aromatic carbocycles. The van der Waals surface area contributed by atoms with E-state index in [1.165, 1.54) is 18.2 Å². The molecule has 7 heteroatoms. The minimum Gasteiger partial charge on any atom is -0.454 e. The van der Waals surface area contributed by atoms with Crippen molar-refractivity contribution in [2.45, 2.75) is 17.4 Å². The number of aliphatic hydroxyl groups excluding tert-OH is 1. The largest absolute Gasteiger partial charge is 0.454 e. The molecule has 1 atom stereocenters. The molecule has 0 aromatic heterocycles. The molecule has 0 saturated carbocycles. The zero-order chi connectivity index (χ0) is 13.2. The Labute approximate surface area is 104 Å². The highest BCUT2D eigenvalue weighted by molar-refractivity contribution is 7.91. The number of hydrogen-bond donors (Lipinski definition) is 1. The molecular formula is C11H11NO5S. The van der Waals surface area contributed by atoms with Gasteiger partial charge in [-0.25, -0.2) is 8.42 Å². The first-order valence-corrected chi connectivity index (χ1v) is 6.85. The molecule has 96 valence electrons. The van der Waals surface area contributed by atoms with Gasteiger partial charge in [-0.3, -0.25) is 0 Å². The van der Waals surface area contributed by atoms with Crippen molar-refractivity contribution in [2.24, 2.45) is 0 Å². The van der Waals surface area contributed by atoms with Crippen LogP contribution in [0.4, 0.5) is 0 Å². The van der Waals surface area contributed by atoms with Crippen LogP contribution in [0.15, 0.2) is 23.1 Å². The first-order chi connectivity index (χ1) is 8.53. The molecule has 1 heterocycles. The van der Waals surface area contributed by atoms with E-state index in [4.69, 9.17) is 14.7 Å². The molecule has 0 saturated heterocycles. The Morgan fingerprint density at radius 1 is 1.39 bits per heavy atom. The van der Waals surface area contributed by atoms with Crippen molar-refractivity contribution in [3.8, 4) is 17.6 Å². The molecular weight excluding hydrogens is 258 g/mol. The van der Waals surface area contributed by atoms with Crippen molar-refractivity contribution in [3.63, 3.8) is 0 Å². The van der Waals surface area contributed by atoms with Gasteiger partial charge >= 0.3 is 0 Å². The topological polar surface area (TPSA) is 96.6 Å². The highest BCUT2D eigenvalue weighted by Crippen LogP contribution is 2.34. The van der Waals surface area contributed by atoms with E-state index in [2.05, 4.69) is 0 Å². The van der Waals surface area contributed by atoms with Gasteiger partial charge in [0.05, 0.1) is 29.2 Å². The summed E-state index contributed by atoms with van der Waals surface area (Å²) in [7, 11) is -3.64. The Balaban J connectivity index is 2.23. The van der Waals surface area contributed by atoms with Gasteiger partial charge in [0, 0.05) is 6.07 Å². The smallest absolute Gasteiger partial charge is 0.231 e. The van der Waals surface area contributed by atoms with E-state index in [9.17, 15) is 13.5 Å². The summed E-state index contributed by atoms with van der Waals surface area (Å²) in [4.78, 5) is 0.0451. The van der Waals surface area contributed by atoms with Crippen LogP contribution in [-0.2, 0) is 9.84 Å². The molecule has 0 fully saturated rings. The Kier molecular flexibility index (Phi) is 3.41. The highest BCUT2D eigenvalue weighted by atomic mass is 32.2. The van der Waals surface area contributed by atoms with Gasteiger partial charge in [-0.2, -0.15) is 5.26 Å². The zero-order valence-electron chi connectivity index (χ0n) is 9.37. The van der Waals surface area contributed by atoms with E-state index in [-0.39, 0.29) is 18.1 Å². The summed E-state index contributed by atoms with van der Waals surface area (Å²) in [5, 5.41) is 17.8. The lowest BCUT2D eigenvalue weighted by atomic mass is 10.3. The van der Waals surface area contributed by atoms with Gasteiger partial charge in [0.2, 0.25) is 6.79 Å². The molecule has 0 amide bonds. The van der Waals surface area contributed by atoms with Crippen LogP contribution in [0.1, 0.15) is 6.42 Å². The second kappa shape index (κ2) is 4.84. The van der Waals surface area contributed by atoms with Crippen LogP contribution < -0.4 is 9.47 Å². The Bertz CT molecular complexity index is 590. The molecule has 0 bridgehead atoms. The van der Waals surface area contributed by atoms with Crippen molar-refractivity contribution in [3.05, 3.63) is 18.2 Å². The fourth-order valence-corrected chi connectivity index (χ4v) is 2.96. The zero-order valence-corrected chi connectivity index (χ0v) is 10.2. The van der Waals surface area contributed by atoms with Gasteiger partial charge in [-0.1, -0.05) is 0 Å². The maximum Gasteiger partial charge on any atom is 0.231 e. The van der Waals surface area contributed by atoms with Crippen molar-refractivity contribution in [1.29, 1.82) is 5.26 Å². The number of ether oxygens (including phenoxy) is 2. The van der Waals surface area contributed by atoms with Crippen LogP contribution in [-0.4, -0.2) is 32.2 Å². The quantitative estimate of drug-likeness (QED) is 0.853. The minimum absolute atomic E-state index is 0.0451. The molecule has 1 aliphatic rings. The third-order valence-corrected chi connectivity index (χ3v) is 4.24. The first-order valence-electron chi connectivity index (χ1n) is 5.20. The van der Waals surface area contributed by atoms with Crippen molar-refractivity contribution >= 4 is 9.84 Å². The average Bonchev–Trinajstić information content (AvgIpc) is 2.75. The summed E-state index contributed by atoms with van der Waals surface area (Å²) in [5.41, 5.74) is 0. The second-order valence-electron chi connectivity index (χ2n) is 3.81. The number of fused-ring (bicyclic) bond motifs is 1.